The van der Waals surface area contributed by atoms with E-state index in [0.717, 1.165) is 11.5 Å². The molecule has 1 N–H and O–H groups in total. The fourth-order valence-electron chi connectivity index (χ4n) is 1.32. The molecule has 1 amide bonds. The van der Waals surface area contributed by atoms with Crippen molar-refractivity contribution < 1.29 is 4.79 Å². The average Bonchev–Trinajstić information content (AvgIpc) is 2.64. The fourth-order valence-corrected chi connectivity index (χ4v) is 1.32. The number of imidazole rings is 1. The Hall–Kier alpha value is -1.32. The van der Waals surface area contributed by atoms with Gasteiger partial charge in [0.1, 0.15) is 5.82 Å². The van der Waals surface area contributed by atoms with E-state index < -0.39 is 0 Å². The first-order valence-electron chi connectivity index (χ1n) is 5.22. The van der Waals surface area contributed by atoms with Crippen LogP contribution in [0.3, 0.4) is 0 Å². The van der Waals surface area contributed by atoms with Gasteiger partial charge in [0.05, 0.1) is 11.7 Å². The number of H-pyrrole nitrogens is 1. The molecule has 1 aromatic heterocycles. The minimum Gasteiger partial charge on any atom is -0.347 e. The Bertz CT molecular complexity index is 343. The molecule has 0 fully saturated rings. The van der Waals surface area contributed by atoms with Gasteiger partial charge in [0.2, 0.25) is 5.91 Å². The summed E-state index contributed by atoms with van der Waals surface area (Å²) in [5, 5.41) is 0. The van der Waals surface area contributed by atoms with Crippen molar-refractivity contribution in [1.82, 2.24) is 14.9 Å². The lowest BCUT2D eigenvalue weighted by molar-refractivity contribution is -0.129. The van der Waals surface area contributed by atoms with Crippen molar-refractivity contribution in [3.05, 3.63) is 17.7 Å². The molecule has 0 aliphatic heterocycles. The highest BCUT2D eigenvalue weighted by Crippen LogP contribution is 2.18. The first-order valence-corrected chi connectivity index (χ1v) is 5.22. The van der Waals surface area contributed by atoms with E-state index >= 15 is 0 Å². The van der Waals surface area contributed by atoms with Gasteiger partial charge in [-0.25, -0.2) is 4.98 Å². The van der Waals surface area contributed by atoms with Crippen molar-refractivity contribution >= 4 is 5.91 Å². The second kappa shape index (κ2) is 4.47. The lowest BCUT2D eigenvalue weighted by Gasteiger charge is -2.21. The molecule has 1 atom stereocenters. The highest BCUT2D eigenvalue weighted by Gasteiger charge is 2.17. The molecule has 0 unspecified atom stereocenters. The summed E-state index contributed by atoms with van der Waals surface area (Å²) in [7, 11) is 1.78. The van der Waals surface area contributed by atoms with Crippen LogP contribution < -0.4 is 0 Å². The molecule has 15 heavy (non-hydrogen) atoms. The van der Waals surface area contributed by atoms with E-state index in [-0.39, 0.29) is 11.9 Å². The number of amides is 1. The summed E-state index contributed by atoms with van der Waals surface area (Å²) in [6.07, 6.45) is 1.91. The van der Waals surface area contributed by atoms with Gasteiger partial charge in [-0.2, -0.15) is 0 Å². The smallest absolute Gasteiger partial charge is 0.219 e. The number of nitrogens with one attached hydrogen (secondary N) is 1. The molecular formula is C11H19N3O. The summed E-state index contributed by atoms with van der Waals surface area (Å²) in [5.74, 6) is 1.30. The van der Waals surface area contributed by atoms with Crippen molar-refractivity contribution in [3.8, 4) is 0 Å². The average molecular weight is 209 g/mol. The molecule has 0 saturated heterocycles. The molecular weight excluding hydrogens is 190 g/mol. The van der Waals surface area contributed by atoms with Crippen LogP contribution in [0.25, 0.3) is 0 Å². The van der Waals surface area contributed by atoms with Gasteiger partial charge in [0.25, 0.3) is 0 Å². The molecule has 0 aromatic carbocycles. The van der Waals surface area contributed by atoms with E-state index in [4.69, 9.17) is 0 Å². The van der Waals surface area contributed by atoms with Gasteiger partial charge in [-0.05, 0) is 12.8 Å². The largest absolute Gasteiger partial charge is 0.347 e. The number of hydrogen-bond acceptors (Lipinski definition) is 2. The molecule has 1 heterocycles. The minimum absolute atomic E-state index is 0.00463. The fraction of sp³-hybridized carbons (Fsp3) is 0.636. The first kappa shape index (κ1) is 11.8. The molecule has 4 nitrogen and oxygen atoms in total. The van der Waals surface area contributed by atoms with E-state index in [1.807, 2.05) is 13.1 Å². The zero-order valence-electron chi connectivity index (χ0n) is 10.0. The Morgan fingerprint density at radius 3 is 2.47 bits per heavy atom. The van der Waals surface area contributed by atoms with Crippen molar-refractivity contribution in [2.75, 3.05) is 7.05 Å². The van der Waals surface area contributed by atoms with Gasteiger partial charge < -0.3 is 9.88 Å². The number of aromatic amines is 1. The maximum atomic E-state index is 11.2. The summed E-state index contributed by atoms with van der Waals surface area (Å²) in [5.41, 5.74) is 1.04. The summed E-state index contributed by atoms with van der Waals surface area (Å²) in [6.45, 7) is 7.71. The summed E-state index contributed by atoms with van der Waals surface area (Å²) < 4.78 is 0. The Morgan fingerprint density at radius 1 is 1.47 bits per heavy atom. The standard InChI is InChI=1S/C11H19N3O/c1-7(2)10-6-12-11(13-10)8(3)14(5)9(4)15/h6-8H,1-5H3,(H,12,13)/t8-/m0/s1. The predicted octanol–water partition coefficient (Wildman–Crippen LogP) is 2.07. The van der Waals surface area contributed by atoms with Gasteiger partial charge in [0, 0.05) is 20.2 Å². The van der Waals surface area contributed by atoms with E-state index in [9.17, 15) is 4.79 Å². The normalized spacial score (nSPS) is 12.9. The Morgan fingerprint density at radius 2 is 2.07 bits per heavy atom. The third kappa shape index (κ3) is 2.58. The highest BCUT2D eigenvalue weighted by molar-refractivity contribution is 5.73. The highest BCUT2D eigenvalue weighted by atomic mass is 16.2. The molecule has 0 saturated carbocycles. The van der Waals surface area contributed by atoms with E-state index in [2.05, 4.69) is 23.8 Å². The maximum Gasteiger partial charge on any atom is 0.219 e. The van der Waals surface area contributed by atoms with Gasteiger partial charge >= 0.3 is 0 Å². The lowest BCUT2D eigenvalue weighted by atomic mass is 10.2. The Balaban J connectivity index is 2.82. The second-order valence-corrected chi connectivity index (χ2v) is 4.17. The summed E-state index contributed by atoms with van der Waals surface area (Å²) in [6, 6.07) is -0.00463. The third-order valence-corrected chi connectivity index (χ3v) is 2.68. The summed E-state index contributed by atoms with van der Waals surface area (Å²) >= 11 is 0. The molecule has 0 spiro atoms. The molecule has 0 aliphatic carbocycles. The molecule has 1 aromatic rings. The van der Waals surface area contributed by atoms with Crippen LogP contribution in [0, 0.1) is 0 Å². The van der Waals surface area contributed by atoms with E-state index in [0.29, 0.717) is 5.92 Å². The van der Waals surface area contributed by atoms with E-state index in [1.54, 1.807) is 18.9 Å². The molecule has 0 radical (unpaired) electrons. The van der Waals surface area contributed by atoms with Crippen LogP contribution in [0.15, 0.2) is 6.20 Å². The first-order chi connectivity index (χ1) is 6.93. The predicted molar refractivity (Wildman–Crippen MR) is 59.5 cm³/mol. The molecule has 4 heteroatoms. The zero-order chi connectivity index (χ0) is 11.6. The van der Waals surface area contributed by atoms with Gasteiger partial charge in [-0.3, -0.25) is 4.79 Å². The topological polar surface area (TPSA) is 49.0 Å². The van der Waals surface area contributed by atoms with Crippen LogP contribution in [0.1, 0.15) is 51.2 Å². The quantitative estimate of drug-likeness (QED) is 0.828. The molecule has 0 aliphatic rings. The van der Waals surface area contributed by atoms with Crippen molar-refractivity contribution in [2.45, 2.75) is 39.7 Å². The monoisotopic (exact) mass is 209 g/mol. The minimum atomic E-state index is -0.00463. The van der Waals surface area contributed by atoms with E-state index in [1.165, 1.54) is 0 Å². The number of nitrogens with zero attached hydrogens (tertiary/aromatic N) is 2. The maximum absolute atomic E-state index is 11.2. The van der Waals surface area contributed by atoms with Gasteiger partial charge in [0.15, 0.2) is 0 Å². The number of carbonyl (C=O) groups excluding carboxylic acids is 1. The number of aromatic nitrogens is 2. The molecule has 1 rings (SSSR count). The zero-order valence-corrected chi connectivity index (χ0v) is 10.0. The number of rotatable bonds is 3. The number of hydrogen-bond donors (Lipinski definition) is 1. The van der Waals surface area contributed by atoms with Crippen LogP contribution in [0.4, 0.5) is 0 Å². The molecule has 84 valence electrons. The Kier molecular flexibility index (Phi) is 3.50. The van der Waals surface area contributed by atoms with Crippen LogP contribution in [0.2, 0.25) is 0 Å². The molecule has 0 bridgehead atoms. The van der Waals surface area contributed by atoms with Crippen LogP contribution in [-0.2, 0) is 4.79 Å². The number of carbonyl (C=O) groups is 1. The van der Waals surface area contributed by atoms with Gasteiger partial charge in [-0.15, -0.1) is 0 Å². The lowest BCUT2D eigenvalue weighted by Crippen LogP contribution is -2.27. The second-order valence-electron chi connectivity index (χ2n) is 4.17. The third-order valence-electron chi connectivity index (χ3n) is 2.68. The Labute approximate surface area is 90.7 Å². The van der Waals surface area contributed by atoms with Gasteiger partial charge in [-0.1, -0.05) is 13.8 Å². The summed E-state index contributed by atoms with van der Waals surface area (Å²) in [4.78, 5) is 20.4. The van der Waals surface area contributed by atoms with Crippen LogP contribution >= 0.6 is 0 Å². The van der Waals surface area contributed by atoms with Crippen molar-refractivity contribution in [1.29, 1.82) is 0 Å². The van der Waals surface area contributed by atoms with Crippen molar-refractivity contribution in [2.24, 2.45) is 0 Å². The SMILES string of the molecule is CC(=O)N(C)[C@@H](C)c1nc(C(C)C)c[nH]1. The van der Waals surface area contributed by atoms with Crippen LogP contribution in [0.5, 0.6) is 0 Å². The van der Waals surface area contributed by atoms with Crippen LogP contribution in [-0.4, -0.2) is 27.8 Å². The van der Waals surface area contributed by atoms with Crippen molar-refractivity contribution in [3.63, 3.8) is 0 Å².